The van der Waals surface area contributed by atoms with Gasteiger partial charge < -0.3 is 19.8 Å². The second-order valence-corrected chi connectivity index (χ2v) is 7.02. The van der Waals surface area contributed by atoms with Crippen molar-refractivity contribution in [2.24, 2.45) is 0 Å². The van der Waals surface area contributed by atoms with Crippen molar-refractivity contribution in [3.05, 3.63) is 23.8 Å². The first-order valence-electron chi connectivity index (χ1n) is 7.96. The Morgan fingerprint density at radius 3 is 2.70 bits per heavy atom. The Bertz CT molecular complexity index is 709. The van der Waals surface area contributed by atoms with E-state index >= 15 is 0 Å². The number of carbonyl (C=O) groups is 1. The number of ether oxygens (including phenoxy) is 1. The maximum absolute atomic E-state index is 12.1. The van der Waals surface area contributed by atoms with Gasteiger partial charge in [0.05, 0.1) is 0 Å². The van der Waals surface area contributed by atoms with E-state index in [1.807, 2.05) is 32.9 Å². The van der Waals surface area contributed by atoms with Crippen molar-refractivity contribution in [3.8, 4) is 0 Å². The molecule has 124 valence electrons. The lowest BCUT2D eigenvalue weighted by Crippen LogP contribution is -2.41. The zero-order valence-electron chi connectivity index (χ0n) is 13.8. The lowest BCUT2D eigenvalue weighted by molar-refractivity contribution is 0.0205. The maximum atomic E-state index is 12.1. The number of nitrogens with two attached hydrogens (primary N) is 1. The van der Waals surface area contributed by atoms with Crippen LogP contribution in [0.5, 0.6) is 0 Å². The number of hydrogen-bond donors (Lipinski definition) is 1. The van der Waals surface area contributed by atoms with E-state index in [2.05, 4.69) is 11.1 Å². The van der Waals surface area contributed by atoms with Gasteiger partial charge in [0.2, 0.25) is 0 Å². The summed E-state index contributed by atoms with van der Waals surface area (Å²) < 4.78 is 10.7. The SMILES string of the molecule is CC(C)(C)OC(=O)N1CCC(c2ccc3oc(N)nc3c2)CC1. The number of nitrogens with zero attached hydrogens (tertiary/aromatic N) is 2. The van der Waals surface area contributed by atoms with E-state index in [0.717, 1.165) is 18.4 Å². The number of nitrogen functional groups attached to an aromatic ring is 1. The normalized spacial score (nSPS) is 16.7. The third kappa shape index (κ3) is 3.57. The zero-order valence-corrected chi connectivity index (χ0v) is 13.8. The van der Waals surface area contributed by atoms with Gasteiger partial charge in [-0.05, 0) is 57.2 Å². The van der Waals surface area contributed by atoms with Crippen molar-refractivity contribution in [1.82, 2.24) is 9.88 Å². The molecule has 3 rings (SSSR count). The van der Waals surface area contributed by atoms with Crippen LogP contribution in [-0.4, -0.2) is 34.7 Å². The van der Waals surface area contributed by atoms with Crippen LogP contribution in [0.3, 0.4) is 0 Å². The van der Waals surface area contributed by atoms with Crippen LogP contribution in [0.1, 0.15) is 45.1 Å². The fraction of sp³-hybridized carbons (Fsp3) is 0.529. The first kappa shape index (κ1) is 15.6. The van der Waals surface area contributed by atoms with Crippen molar-refractivity contribution in [3.63, 3.8) is 0 Å². The number of rotatable bonds is 1. The minimum atomic E-state index is -0.453. The summed E-state index contributed by atoms with van der Waals surface area (Å²) in [5.74, 6) is 0.413. The van der Waals surface area contributed by atoms with Gasteiger partial charge in [-0.25, -0.2) is 4.79 Å². The number of oxazole rings is 1. The topological polar surface area (TPSA) is 81.6 Å². The van der Waals surface area contributed by atoms with Gasteiger partial charge in [-0.1, -0.05) is 6.07 Å². The molecule has 2 heterocycles. The molecule has 1 amide bonds. The number of piperidine rings is 1. The van der Waals surface area contributed by atoms with Crippen LogP contribution < -0.4 is 5.73 Å². The predicted molar refractivity (Wildman–Crippen MR) is 88.2 cm³/mol. The van der Waals surface area contributed by atoms with Crippen LogP contribution >= 0.6 is 0 Å². The summed E-state index contributed by atoms with van der Waals surface area (Å²) >= 11 is 0. The van der Waals surface area contributed by atoms with Crippen LogP contribution in [0.2, 0.25) is 0 Å². The lowest BCUT2D eigenvalue weighted by Gasteiger charge is -2.33. The van der Waals surface area contributed by atoms with E-state index in [0.29, 0.717) is 24.6 Å². The molecular formula is C17H23N3O3. The molecule has 0 saturated carbocycles. The molecule has 1 aromatic carbocycles. The molecule has 1 aromatic heterocycles. The molecule has 1 aliphatic heterocycles. The van der Waals surface area contributed by atoms with Crippen LogP contribution in [0.4, 0.5) is 10.8 Å². The minimum absolute atomic E-state index is 0.192. The van der Waals surface area contributed by atoms with Gasteiger partial charge in [-0.3, -0.25) is 0 Å². The van der Waals surface area contributed by atoms with Crippen molar-refractivity contribution < 1.29 is 13.9 Å². The minimum Gasteiger partial charge on any atom is -0.444 e. The smallest absolute Gasteiger partial charge is 0.410 e. The highest BCUT2D eigenvalue weighted by Crippen LogP contribution is 2.31. The molecular weight excluding hydrogens is 294 g/mol. The third-order valence-electron chi connectivity index (χ3n) is 4.05. The standard InChI is InChI=1S/C17H23N3O3/c1-17(2,3)23-16(21)20-8-6-11(7-9-20)12-4-5-14-13(10-12)19-15(18)22-14/h4-5,10-11H,6-9H2,1-3H3,(H2,18,19). The van der Waals surface area contributed by atoms with E-state index in [4.69, 9.17) is 14.9 Å². The number of aromatic nitrogens is 1. The van der Waals surface area contributed by atoms with Gasteiger partial charge in [0.25, 0.3) is 6.01 Å². The first-order chi connectivity index (χ1) is 10.8. The van der Waals surface area contributed by atoms with Gasteiger partial charge in [-0.2, -0.15) is 4.98 Å². The van der Waals surface area contributed by atoms with Gasteiger partial charge in [0, 0.05) is 13.1 Å². The third-order valence-corrected chi connectivity index (χ3v) is 4.05. The number of amides is 1. The number of benzene rings is 1. The summed E-state index contributed by atoms with van der Waals surface area (Å²) in [6.07, 6.45) is 1.60. The van der Waals surface area contributed by atoms with Gasteiger partial charge in [0.1, 0.15) is 11.1 Å². The summed E-state index contributed by atoms with van der Waals surface area (Å²) in [4.78, 5) is 18.1. The molecule has 0 bridgehead atoms. The fourth-order valence-electron chi connectivity index (χ4n) is 2.94. The highest BCUT2D eigenvalue weighted by molar-refractivity contribution is 5.75. The summed E-state index contributed by atoms with van der Waals surface area (Å²) in [6.45, 7) is 7.07. The van der Waals surface area contributed by atoms with Crippen LogP contribution in [-0.2, 0) is 4.74 Å². The summed E-state index contributed by atoms with van der Waals surface area (Å²) in [5, 5.41) is 0. The molecule has 0 unspecified atom stereocenters. The fourth-order valence-corrected chi connectivity index (χ4v) is 2.94. The number of carbonyl (C=O) groups excluding carboxylic acids is 1. The second kappa shape index (κ2) is 5.76. The molecule has 0 aliphatic carbocycles. The summed E-state index contributed by atoms with van der Waals surface area (Å²) in [7, 11) is 0. The summed E-state index contributed by atoms with van der Waals surface area (Å²) in [6, 6.07) is 6.19. The highest BCUT2D eigenvalue weighted by Gasteiger charge is 2.27. The zero-order chi connectivity index (χ0) is 16.6. The monoisotopic (exact) mass is 317 g/mol. The Morgan fingerprint density at radius 2 is 2.04 bits per heavy atom. The molecule has 23 heavy (non-hydrogen) atoms. The number of hydrogen-bond acceptors (Lipinski definition) is 5. The molecule has 0 radical (unpaired) electrons. The molecule has 0 atom stereocenters. The van der Waals surface area contributed by atoms with Crippen LogP contribution in [0, 0.1) is 0 Å². The molecule has 2 aromatic rings. The molecule has 1 saturated heterocycles. The van der Waals surface area contributed by atoms with E-state index in [-0.39, 0.29) is 12.1 Å². The Balaban J connectivity index is 1.64. The average Bonchev–Trinajstić information content (AvgIpc) is 2.84. The molecule has 0 spiro atoms. The van der Waals surface area contributed by atoms with Crippen molar-refractivity contribution in [2.75, 3.05) is 18.8 Å². The second-order valence-electron chi connectivity index (χ2n) is 7.02. The van der Waals surface area contributed by atoms with E-state index < -0.39 is 5.60 Å². The Morgan fingerprint density at radius 1 is 1.35 bits per heavy atom. The Labute approximate surface area is 135 Å². The van der Waals surface area contributed by atoms with Gasteiger partial charge in [-0.15, -0.1) is 0 Å². The molecule has 1 aliphatic rings. The van der Waals surface area contributed by atoms with Crippen LogP contribution in [0.15, 0.2) is 22.6 Å². The number of anilines is 1. The molecule has 6 nitrogen and oxygen atoms in total. The molecule has 1 fully saturated rings. The van der Waals surface area contributed by atoms with E-state index in [1.165, 1.54) is 5.56 Å². The number of fused-ring (bicyclic) bond motifs is 1. The molecule has 2 N–H and O–H groups in total. The Hall–Kier alpha value is -2.24. The Kier molecular flexibility index (Phi) is 3.92. The predicted octanol–water partition coefficient (Wildman–Crippen LogP) is 3.52. The highest BCUT2D eigenvalue weighted by atomic mass is 16.6. The van der Waals surface area contributed by atoms with Crippen molar-refractivity contribution >= 4 is 23.2 Å². The molecule has 6 heteroatoms. The van der Waals surface area contributed by atoms with E-state index in [1.54, 1.807) is 4.90 Å². The van der Waals surface area contributed by atoms with Crippen molar-refractivity contribution in [2.45, 2.75) is 45.1 Å². The average molecular weight is 317 g/mol. The maximum Gasteiger partial charge on any atom is 0.410 e. The number of likely N-dealkylation sites (tertiary alicyclic amines) is 1. The van der Waals surface area contributed by atoms with E-state index in [9.17, 15) is 4.79 Å². The lowest BCUT2D eigenvalue weighted by atomic mass is 9.89. The van der Waals surface area contributed by atoms with Gasteiger partial charge in [0.15, 0.2) is 5.58 Å². The summed E-state index contributed by atoms with van der Waals surface area (Å²) in [5.41, 5.74) is 7.84. The van der Waals surface area contributed by atoms with Gasteiger partial charge >= 0.3 is 6.09 Å². The quantitative estimate of drug-likeness (QED) is 0.870. The first-order valence-corrected chi connectivity index (χ1v) is 7.96. The largest absolute Gasteiger partial charge is 0.444 e. The van der Waals surface area contributed by atoms with Crippen LogP contribution in [0.25, 0.3) is 11.1 Å². The van der Waals surface area contributed by atoms with Crippen molar-refractivity contribution in [1.29, 1.82) is 0 Å².